The van der Waals surface area contributed by atoms with E-state index < -0.39 is 0 Å². The van der Waals surface area contributed by atoms with E-state index in [1.807, 2.05) is 24.3 Å². The average Bonchev–Trinajstić information content (AvgIpc) is 2.84. The third kappa shape index (κ3) is 2.32. The molecule has 0 unspecified atom stereocenters. The van der Waals surface area contributed by atoms with Crippen LogP contribution >= 0.6 is 0 Å². The van der Waals surface area contributed by atoms with Crippen molar-refractivity contribution in [2.45, 2.75) is 13.5 Å². The Hall–Kier alpha value is -2.13. The number of nitrogens with one attached hydrogen (secondary N) is 1. The molecule has 0 bridgehead atoms. The van der Waals surface area contributed by atoms with Crippen molar-refractivity contribution in [2.24, 2.45) is 0 Å². The predicted octanol–water partition coefficient (Wildman–Crippen LogP) is 4.27. The van der Waals surface area contributed by atoms with Crippen molar-refractivity contribution in [3.8, 4) is 11.3 Å². The van der Waals surface area contributed by atoms with Gasteiger partial charge in [-0.25, -0.2) is 4.39 Å². The normalized spacial score (nSPS) is 11.2. The Morgan fingerprint density at radius 3 is 2.75 bits per heavy atom. The molecule has 2 aromatic carbocycles. The summed E-state index contributed by atoms with van der Waals surface area (Å²) in [5.74, 6) is 0.568. The SMILES string of the molecule is CNCc1cc(-c2cc3cc(C)ccc3o2)ccc1F. The number of fused-ring (bicyclic) bond motifs is 1. The lowest BCUT2D eigenvalue weighted by Gasteiger charge is -2.04. The third-order valence-corrected chi connectivity index (χ3v) is 3.37. The first-order valence-corrected chi connectivity index (χ1v) is 6.61. The molecule has 0 radical (unpaired) electrons. The smallest absolute Gasteiger partial charge is 0.135 e. The molecule has 0 spiro atoms. The van der Waals surface area contributed by atoms with Gasteiger partial charge in [0.05, 0.1) is 0 Å². The number of hydrogen-bond donors (Lipinski definition) is 1. The standard InChI is InChI=1S/C17H16FNO/c1-11-3-6-16-13(7-11)9-17(20-16)12-4-5-15(18)14(8-12)10-19-2/h3-9,19H,10H2,1-2H3. The molecule has 20 heavy (non-hydrogen) atoms. The van der Waals surface area contributed by atoms with Crippen LogP contribution in [-0.4, -0.2) is 7.05 Å². The van der Waals surface area contributed by atoms with Crippen LogP contribution in [0.1, 0.15) is 11.1 Å². The van der Waals surface area contributed by atoms with Gasteiger partial charge in [-0.3, -0.25) is 0 Å². The molecule has 102 valence electrons. The van der Waals surface area contributed by atoms with Crippen LogP contribution in [0.2, 0.25) is 0 Å². The Kier molecular flexibility index (Phi) is 3.28. The molecule has 0 aliphatic heterocycles. The summed E-state index contributed by atoms with van der Waals surface area (Å²) in [5.41, 5.74) is 3.58. The Balaban J connectivity index is 2.08. The number of furan rings is 1. The van der Waals surface area contributed by atoms with Gasteiger partial charge in [0.1, 0.15) is 17.2 Å². The van der Waals surface area contributed by atoms with Gasteiger partial charge in [0.2, 0.25) is 0 Å². The van der Waals surface area contributed by atoms with Crippen molar-refractivity contribution in [1.82, 2.24) is 5.32 Å². The molecule has 0 aliphatic rings. The maximum atomic E-state index is 13.7. The van der Waals surface area contributed by atoms with E-state index in [2.05, 4.69) is 18.3 Å². The largest absolute Gasteiger partial charge is 0.456 e. The summed E-state index contributed by atoms with van der Waals surface area (Å²) in [6, 6.07) is 13.1. The van der Waals surface area contributed by atoms with Crippen LogP contribution in [0.15, 0.2) is 46.9 Å². The molecule has 0 saturated carbocycles. The fourth-order valence-corrected chi connectivity index (χ4v) is 2.36. The summed E-state index contributed by atoms with van der Waals surface area (Å²) in [4.78, 5) is 0. The van der Waals surface area contributed by atoms with E-state index >= 15 is 0 Å². The lowest BCUT2D eigenvalue weighted by molar-refractivity contribution is 0.599. The molecule has 3 rings (SSSR count). The fraction of sp³-hybridized carbons (Fsp3) is 0.176. The summed E-state index contributed by atoms with van der Waals surface area (Å²) in [5, 5.41) is 4.04. The van der Waals surface area contributed by atoms with Crippen molar-refractivity contribution < 1.29 is 8.81 Å². The highest BCUT2D eigenvalue weighted by Crippen LogP contribution is 2.29. The molecule has 0 fully saturated rings. The first-order chi connectivity index (χ1) is 9.67. The van der Waals surface area contributed by atoms with Crippen molar-refractivity contribution in [1.29, 1.82) is 0 Å². The van der Waals surface area contributed by atoms with Crippen molar-refractivity contribution >= 4 is 11.0 Å². The van der Waals surface area contributed by atoms with Crippen molar-refractivity contribution in [2.75, 3.05) is 7.05 Å². The summed E-state index contributed by atoms with van der Waals surface area (Å²) >= 11 is 0. The maximum Gasteiger partial charge on any atom is 0.135 e. The number of halogens is 1. The highest BCUT2D eigenvalue weighted by molar-refractivity contribution is 5.83. The van der Waals surface area contributed by atoms with Crippen LogP contribution in [0.3, 0.4) is 0 Å². The van der Waals surface area contributed by atoms with E-state index in [1.165, 1.54) is 11.6 Å². The Bertz CT molecular complexity index is 761. The van der Waals surface area contributed by atoms with E-state index in [0.717, 1.165) is 22.3 Å². The van der Waals surface area contributed by atoms with Crippen LogP contribution in [0, 0.1) is 12.7 Å². The molecule has 0 amide bonds. The van der Waals surface area contributed by atoms with Crippen LogP contribution in [-0.2, 0) is 6.54 Å². The van der Waals surface area contributed by atoms with E-state index in [-0.39, 0.29) is 5.82 Å². The number of aryl methyl sites for hydroxylation is 1. The molecule has 0 saturated heterocycles. The zero-order chi connectivity index (χ0) is 14.1. The number of benzene rings is 2. The summed E-state index contributed by atoms with van der Waals surface area (Å²) < 4.78 is 19.5. The minimum Gasteiger partial charge on any atom is -0.456 e. The predicted molar refractivity (Wildman–Crippen MR) is 79.1 cm³/mol. The molecule has 3 aromatic rings. The molecular weight excluding hydrogens is 253 g/mol. The minimum atomic E-state index is -0.199. The van der Waals surface area contributed by atoms with Gasteiger partial charge < -0.3 is 9.73 Å². The summed E-state index contributed by atoms with van der Waals surface area (Å²) in [6.07, 6.45) is 0. The quantitative estimate of drug-likeness (QED) is 0.768. The van der Waals surface area contributed by atoms with Gasteiger partial charge in [-0.1, -0.05) is 11.6 Å². The zero-order valence-corrected chi connectivity index (χ0v) is 11.5. The number of rotatable bonds is 3. The lowest BCUT2D eigenvalue weighted by atomic mass is 10.1. The van der Waals surface area contributed by atoms with Crippen LogP contribution < -0.4 is 5.32 Å². The first-order valence-electron chi connectivity index (χ1n) is 6.61. The van der Waals surface area contributed by atoms with Gasteiger partial charge in [-0.05, 0) is 50.4 Å². The summed E-state index contributed by atoms with van der Waals surface area (Å²) in [6.45, 7) is 2.55. The second-order valence-corrected chi connectivity index (χ2v) is 4.99. The monoisotopic (exact) mass is 269 g/mol. The molecular formula is C17H16FNO. The average molecular weight is 269 g/mol. The van der Waals surface area contributed by atoms with E-state index in [1.54, 1.807) is 13.1 Å². The molecule has 0 aliphatic carbocycles. The van der Waals surface area contributed by atoms with Crippen LogP contribution in [0.5, 0.6) is 0 Å². The van der Waals surface area contributed by atoms with Gasteiger partial charge in [0.25, 0.3) is 0 Å². The number of hydrogen-bond acceptors (Lipinski definition) is 2. The third-order valence-electron chi connectivity index (χ3n) is 3.37. The van der Waals surface area contributed by atoms with E-state index in [0.29, 0.717) is 12.1 Å². The highest BCUT2D eigenvalue weighted by atomic mass is 19.1. The Morgan fingerprint density at radius 1 is 1.10 bits per heavy atom. The second kappa shape index (κ2) is 5.10. The molecule has 3 heteroatoms. The molecule has 1 N–H and O–H groups in total. The lowest BCUT2D eigenvalue weighted by Crippen LogP contribution is -2.06. The van der Waals surface area contributed by atoms with Gasteiger partial charge in [0.15, 0.2) is 0 Å². The second-order valence-electron chi connectivity index (χ2n) is 4.99. The fourth-order valence-electron chi connectivity index (χ4n) is 2.36. The minimum absolute atomic E-state index is 0.199. The van der Waals surface area contributed by atoms with Crippen molar-refractivity contribution in [3.63, 3.8) is 0 Å². The zero-order valence-electron chi connectivity index (χ0n) is 11.5. The topological polar surface area (TPSA) is 25.2 Å². The highest BCUT2D eigenvalue weighted by Gasteiger charge is 2.09. The maximum absolute atomic E-state index is 13.7. The molecule has 1 heterocycles. The molecule has 2 nitrogen and oxygen atoms in total. The summed E-state index contributed by atoms with van der Waals surface area (Å²) in [7, 11) is 1.80. The Morgan fingerprint density at radius 2 is 1.95 bits per heavy atom. The van der Waals surface area contributed by atoms with Crippen molar-refractivity contribution in [3.05, 3.63) is 59.4 Å². The Labute approximate surface area is 117 Å². The van der Waals surface area contributed by atoms with Gasteiger partial charge in [-0.2, -0.15) is 0 Å². The van der Waals surface area contributed by atoms with Gasteiger partial charge in [0, 0.05) is 23.1 Å². The molecule has 0 atom stereocenters. The van der Waals surface area contributed by atoms with Crippen LogP contribution in [0.25, 0.3) is 22.3 Å². The van der Waals surface area contributed by atoms with Gasteiger partial charge >= 0.3 is 0 Å². The van der Waals surface area contributed by atoms with E-state index in [9.17, 15) is 4.39 Å². The van der Waals surface area contributed by atoms with Gasteiger partial charge in [-0.15, -0.1) is 0 Å². The first kappa shape index (κ1) is 12.9. The molecule has 1 aromatic heterocycles. The van der Waals surface area contributed by atoms with E-state index in [4.69, 9.17) is 4.42 Å². The van der Waals surface area contributed by atoms with Crippen LogP contribution in [0.4, 0.5) is 4.39 Å².